The molecule has 1 aromatic heterocycles. The molecule has 3 rings (SSSR count). The van der Waals surface area contributed by atoms with E-state index >= 15 is 0 Å². The van der Waals surface area contributed by atoms with Gasteiger partial charge in [-0.2, -0.15) is 0 Å². The van der Waals surface area contributed by atoms with Gasteiger partial charge < -0.3 is 14.2 Å². The van der Waals surface area contributed by atoms with Crippen LogP contribution in [-0.4, -0.2) is 56.2 Å². The zero-order valence-corrected chi connectivity index (χ0v) is 16.8. The number of esters is 1. The maximum absolute atomic E-state index is 12.1. The van der Waals surface area contributed by atoms with Gasteiger partial charge in [0.2, 0.25) is 5.91 Å². The fraction of sp³-hybridized carbons (Fsp3) is 0.333. The highest BCUT2D eigenvalue weighted by atomic mass is 32.2. The molecule has 1 aromatic carbocycles. The van der Waals surface area contributed by atoms with Gasteiger partial charge in [-0.15, -0.1) is 10.2 Å². The standard InChI is InChI=1S/C18H20N4O3S2/c1-3-25-16(24)11-15-22(14(23)12-27-15)9-10-26-18-20-19-17(21(18)2)13-7-5-4-6-8-13/h4-8,11H,3,9-10,12H2,1-2H3/b15-11-. The number of benzene rings is 1. The Balaban J connectivity index is 1.61. The van der Waals surface area contributed by atoms with Gasteiger partial charge in [0.1, 0.15) is 0 Å². The predicted molar refractivity (Wildman–Crippen MR) is 106 cm³/mol. The van der Waals surface area contributed by atoms with E-state index in [-0.39, 0.29) is 5.91 Å². The molecule has 1 aliphatic heterocycles. The minimum Gasteiger partial charge on any atom is -0.463 e. The van der Waals surface area contributed by atoms with Crippen LogP contribution in [0.5, 0.6) is 0 Å². The summed E-state index contributed by atoms with van der Waals surface area (Å²) in [6.45, 7) is 2.56. The number of carbonyl (C=O) groups is 2. The molecule has 1 aliphatic rings. The van der Waals surface area contributed by atoms with Gasteiger partial charge in [-0.05, 0) is 6.92 Å². The third kappa shape index (κ3) is 4.72. The van der Waals surface area contributed by atoms with Gasteiger partial charge in [-0.1, -0.05) is 53.9 Å². The molecule has 0 atom stereocenters. The number of hydrogen-bond acceptors (Lipinski definition) is 7. The summed E-state index contributed by atoms with van der Waals surface area (Å²) in [5.74, 6) is 1.37. The van der Waals surface area contributed by atoms with Crippen LogP contribution in [0.4, 0.5) is 0 Å². The number of amides is 1. The van der Waals surface area contributed by atoms with Crippen molar-refractivity contribution < 1.29 is 14.3 Å². The highest BCUT2D eigenvalue weighted by Gasteiger charge is 2.27. The fourth-order valence-corrected chi connectivity index (χ4v) is 4.35. The van der Waals surface area contributed by atoms with Crippen molar-refractivity contribution in [3.63, 3.8) is 0 Å². The van der Waals surface area contributed by atoms with Gasteiger partial charge in [0.25, 0.3) is 0 Å². The molecular formula is C18H20N4O3S2. The molecule has 2 heterocycles. The summed E-state index contributed by atoms with van der Waals surface area (Å²) in [5, 5.41) is 9.93. The van der Waals surface area contributed by atoms with Crippen LogP contribution in [0.2, 0.25) is 0 Å². The number of rotatable bonds is 7. The van der Waals surface area contributed by atoms with Crippen LogP contribution in [0.15, 0.2) is 46.6 Å². The van der Waals surface area contributed by atoms with Crippen LogP contribution in [0, 0.1) is 0 Å². The molecule has 0 spiro atoms. The predicted octanol–water partition coefficient (Wildman–Crippen LogP) is 2.55. The first-order chi connectivity index (χ1) is 13.1. The zero-order chi connectivity index (χ0) is 19.2. The van der Waals surface area contributed by atoms with Crippen molar-refractivity contribution in [2.24, 2.45) is 7.05 Å². The van der Waals surface area contributed by atoms with Crippen LogP contribution in [0.25, 0.3) is 11.4 Å². The first-order valence-electron chi connectivity index (χ1n) is 8.49. The Morgan fingerprint density at radius 1 is 1.33 bits per heavy atom. The Morgan fingerprint density at radius 2 is 2.11 bits per heavy atom. The van der Waals surface area contributed by atoms with Crippen LogP contribution >= 0.6 is 23.5 Å². The number of carbonyl (C=O) groups excluding carboxylic acids is 2. The second-order valence-electron chi connectivity index (χ2n) is 5.65. The minimum absolute atomic E-state index is 0.000844. The first kappa shape index (κ1) is 19.5. The van der Waals surface area contributed by atoms with Crippen LogP contribution in [0.1, 0.15) is 6.92 Å². The Labute approximate surface area is 166 Å². The summed E-state index contributed by atoms with van der Waals surface area (Å²) in [5.41, 5.74) is 1.00. The van der Waals surface area contributed by atoms with Crippen molar-refractivity contribution in [3.05, 3.63) is 41.4 Å². The van der Waals surface area contributed by atoms with Crippen molar-refractivity contribution in [2.45, 2.75) is 12.1 Å². The van der Waals surface area contributed by atoms with Crippen LogP contribution < -0.4 is 0 Å². The SMILES string of the molecule is CCOC(=O)/C=C1\SCC(=O)N1CCSc1nnc(-c2ccccc2)n1C. The lowest BCUT2D eigenvalue weighted by atomic mass is 10.2. The van der Waals surface area contributed by atoms with E-state index in [9.17, 15) is 9.59 Å². The molecule has 0 unspecified atom stereocenters. The lowest BCUT2D eigenvalue weighted by Gasteiger charge is -2.16. The average molecular weight is 405 g/mol. The first-order valence-corrected chi connectivity index (χ1v) is 10.5. The molecule has 1 saturated heterocycles. The van der Waals surface area contributed by atoms with Crippen LogP contribution in [0.3, 0.4) is 0 Å². The molecule has 2 aromatic rings. The molecule has 0 N–H and O–H groups in total. The zero-order valence-electron chi connectivity index (χ0n) is 15.1. The van der Waals surface area contributed by atoms with E-state index in [1.807, 2.05) is 41.9 Å². The molecule has 1 amide bonds. The van der Waals surface area contributed by atoms with Gasteiger partial charge in [-0.3, -0.25) is 4.79 Å². The van der Waals surface area contributed by atoms with Crippen LogP contribution in [-0.2, 0) is 21.4 Å². The van der Waals surface area contributed by atoms with E-state index in [0.29, 0.717) is 29.7 Å². The highest BCUT2D eigenvalue weighted by Crippen LogP contribution is 2.30. The summed E-state index contributed by atoms with van der Waals surface area (Å²) in [7, 11) is 1.92. The Bertz CT molecular complexity index is 852. The fourth-order valence-electron chi connectivity index (χ4n) is 2.56. The molecule has 9 heteroatoms. The van der Waals surface area contributed by atoms with Crippen molar-refractivity contribution in [1.82, 2.24) is 19.7 Å². The van der Waals surface area contributed by atoms with Gasteiger partial charge in [0.15, 0.2) is 11.0 Å². The topological polar surface area (TPSA) is 77.3 Å². The summed E-state index contributed by atoms with van der Waals surface area (Å²) < 4.78 is 6.87. The van der Waals surface area contributed by atoms with Crippen molar-refractivity contribution >= 4 is 35.4 Å². The Hall–Kier alpha value is -2.26. The highest BCUT2D eigenvalue weighted by molar-refractivity contribution is 8.04. The third-order valence-corrected chi connectivity index (χ3v) is 5.88. The van der Waals surface area contributed by atoms with Gasteiger partial charge in [0.05, 0.1) is 23.5 Å². The van der Waals surface area contributed by atoms with Crippen molar-refractivity contribution in [1.29, 1.82) is 0 Å². The lowest BCUT2D eigenvalue weighted by Crippen LogP contribution is -2.27. The van der Waals surface area contributed by atoms with Crippen molar-refractivity contribution in [2.75, 3.05) is 24.7 Å². The van der Waals surface area contributed by atoms with Crippen molar-refractivity contribution in [3.8, 4) is 11.4 Å². The summed E-state index contributed by atoms with van der Waals surface area (Å²) in [4.78, 5) is 25.4. The van der Waals surface area contributed by atoms with Gasteiger partial charge in [-0.25, -0.2) is 4.79 Å². The molecule has 0 bridgehead atoms. The largest absolute Gasteiger partial charge is 0.463 e. The van der Waals surface area contributed by atoms with E-state index in [1.54, 1.807) is 11.8 Å². The molecule has 7 nitrogen and oxygen atoms in total. The number of aromatic nitrogens is 3. The summed E-state index contributed by atoms with van der Waals surface area (Å²) in [6, 6.07) is 9.87. The van der Waals surface area contributed by atoms with E-state index in [2.05, 4.69) is 10.2 Å². The maximum Gasteiger partial charge on any atom is 0.333 e. The summed E-state index contributed by atoms with van der Waals surface area (Å²) >= 11 is 2.88. The second-order valence-corrected chi connectivity index (χ2v) is 7.71. The maximum atomic E-state index is 12.1. The number of ether oxygens (including phenoxy) is 1. The molecule has 27 heavy (non-hydrogen) atoms. The number of thioether (sulfide) groups is 2. The summed E-state index contributed by atoms with van der Waals surface area (Å²) in [6.07, 6.45) is 1.39. The Kier molecular flexibility index (Phi) is 6.57. The number of nitrogens with zero attached hydrogens (tertiary/aromatic N) is 4. The van der Waals surface area contributed by atoms with E-state index in [4.69, 9.17) is 4.74 Å². The smallest absolute Gasteiger partial charge is 0.333 e. The van der Waals surface area contributed by atoms with E-state index in [0.717, 1.165) is 16.5 Å². The second kappa shape index (κ2) is 9.09. The molecule has 0 aliphatic carbocycles. The van der Waals surface area contributed by atoms with Gasteiger partial charge >= 0.3 is 5.97 Å². The quantitative estimate of drug-likeness (QED) is 0.399. The molecular weight excluding hydrogens is 384 g/mol. The minimum atomic E-state index is -0.423. The third-order valence-electron chi connectivity index (χ3n) is 3.85. The monoisotopic (exact) mass is 404 g/mol. The lowest BCUT2D eigenvalue weighted by molar-refractivity contribution is -0.137. The normalized spacial score (nSPS) is 15.6. The van der Waals surface area contributed by atoms with Gasteiger partial charge in [0, 0.05) is 24.9 Å². The van der Waals surface area contributed by atoms with E-state index in [1.165, 1.54) is 29.6 Å². The number of hydrogen-bond donors (Lipinski definition) is 0. The Morgan fingerprint density at radius 3 is 2.85 bits per heavy atom. The molecule has 0 saturated carbocycles. The molecule has 1 fully saturated rings. The average Bonchev–Trinajstić information content (AvgIpc) is 3.20. The van der Waals surface area contributed by atoms with E-state index < -0.39 is 5.97 Å². The molecule has 142 valence electrons. The molecule has 0 radical (unpaired) electrons.